The molecule has 0 bridgehead atoms. The number of nitrogens with one attached hydrogen (secondary N) is 1. The Morgan fingerprint density at radius 2 is 1.71 bits per heavy atom. The van der Waals surface area contributed by atoms with E-state index in [2.05, 4.69) is 50.4 Å². The molecular formula is C19H24FN. The molecule has 21 heavy (non-hydrogen) atoms. The zero-order valence-electron chi connectivity index (χ0n) is 13.1. The SMILES string of the molecule is CCc1ccc(C(NCc2cccc(F)c2)C(C)C)cc1. The van der Waals surface area contributed by atoms with Gasteiger partial charge in [0, 0.05) is 12.6 Å². The van der Waals surface area contributed by atoms with Gasteiger partial charge in [0.05, 0.1) is 0 Å². The van der Waals surface area contributed by atoms with Gasteiger partial charge in [-0.2, -0.15) is 0 Å². The summed E-state index contributed by atoms with van der Waals surface area (Å²) in [6.07, 6.45) is 1.06. The van der Waals surface area contributed by atoms with Crippen LogP contribution in [-0.4, -0.2) is 0 Å². The van der Waals surface area contributed by atoms with E-state index in [1.165, 1.54) is 17.2 Å². The third-order valence-corrected chi connectivity index (χ3v) is 3.83. The van der Waals surface area contributed by atoms with Gasteiger partial charge < -0.3 is 5.32 Å². The van der Waals surface area contributed by atoms with Crippen molar-refractivity contribution in [2.75, 3.05) is 0 Å². The Balaban J connectivity index is 2.08. The highest BCUT2D eigenvalue weighted by atomic mass is 19.1. The molecular weight excluding hydrogens is 261 g/mol. The molecule has 0 spiro atoms. The monoisotopic (exact) mass is 285 g/mol. The first-order valence-corrected chi connectivity index (χ1v) is 7.66. The Kier molecular flexibility index (Phi) is 5.51. The van der Waals surface area contributed by atoms with Crippen LogP contribution in [-0.2, 0) is 13.0 Å². The molecule has 0 saturated heterocycles. The van der Waals surface area contributed by atoms with Gasteiger partial charge in [0.1, 0.15) is 5.82 Å². The van der Waals surface area contributed by atoms with E-state index in [0.717, 1.165) is 12.0 Å². The molecule has 1 N–H and O–H groups in total. The molecule has 0 fully saturated rings. The van der Waals surface area contributed by atoms with Gasteiger partial charge in [0.2, 0.25) is 0 Å². The summed E-state index contributed by atoms with van der Waals surface area (Å²) < 4.78 is 13.2. The molecule has 1 atom stereocenters. The summed E-state index contributed by atoms with van der Waals surface area (Å²) in [5.74, 6) is 0.300. The van der Waals surface area contributed by atoms with Crippen molar-refractivity contribution in [3.8, 4) is 0 Å². The number of aryl methyl sites for hydroxylation is 1. The van der Waals surface area contributed by atoms with Crippen LogP contribution in [0, 0.1) is 11.7 Å². The van der Waals surface area contributed by atoms with E-state index >= 15 is 0 Å². The van der Waals surface area contributed by atoms with Crippen LogP contribution in [0.1, 0.15) is 43.5 Å². The van der Waals surface area contributed by atoms with Gasteiger partial charge in [0.25, 0.3) is 0 Å². The third kappa shape index (κ3) is 4.40. The number of rotatable bonds is 6. The molecule has 2 rings (SSSR count). The van der Waals surface area contributed by atoms with Crippen molar-refractivity contribution in [2.24, 2.45) is 5.92 Å². The summed E-state index contributed by atoms with van der Waals surface area (Å²) in [5.41, 5.74) is 3.62. The van der Waals surface area contributed by atoms with E-state index in [-0.39, 0.29) is 11.9 Å². The minimum atomic E-state index is -0.178. The average Bonchev–Trinajstić information content (AvgIpc) is 2.48. The van der Waals surface area contributed by atoms with Crippen molar-refractivity contribution in [1.82, 2.24) is 5.32 Å². The second-order valence-electron chi connectivity index (χ2n) is 5.83. The Hall–Kier alpha value is -1.67. The molecule has 0 aliphatic rings. The molecule has 0 amide bonds. The van der Waals surface area contributed by atoms with Crippen molar-refractivity contribution in [2.45, 2.75) is 39.8 Å². The van der Waals surface area contributed by atoms with Crippen LogP contribution >= 0.6 is 0 Å². The third-order valence-electron chi connectivity index (χ3n) is 3.83. The maximum Gasteiger partial charge on any atom is 0.123 e. The number of hydrogen-bond acceptors (Lipinski definition) is 1. The van der Waals surface area contributed by atoms with Crippen LogP contribution in [0.3, 0.4) is 0 Å². The summed E-state index contributed by atoms with van der Waals surface area (Å²) in [5, 5.41) is 3.55. The lowest BCUT2D eigenvalue weighted by molar-refractivity contribution is 0.410. The zero-order chi connectivity index (χ0) is 15.2. The van der Waals surface area contributed by atoms with Crippen molar-refractivity contribution in [1.29, 1.82) is 0 Å². The molecule has 0 aliphatic heterocycles. The average molecular weight is 285 g/mol. The minimum absolute atomic E-state index is 0.178. The molecule has 112 valence electrons. The van der Waals surface area contributed by atoms with Gasteiger partial charge in [-0.05, 0) is 41.2 Å². The zero-order valence-corrected chi connectivity index (χ0v) is 13.1. The Labute approximate surface area is 127 Å². The van der Waals surface area contributed by atoms with E-state index < -0.39 is 0 Å². The molecule has 0 aromatic heterocycles. The number of hydrogen-bond donors (Lipinski definition) is 1. The van der Waals surface area contributed by atoms with Gasteiger partial charge in [-0.15, -0.1) is 0 Å². The summed E-state index contributed by atoms with van der Waals surface area (Å²) in [6.45, 7) is 7.25. The number of benzene rings is 2. The van der Waals surface area contributed by atoms with Gasteiger partial charge in [-0.3, -0.25) is 0 Å². The highest BCUT2D eigenvalue weighted by molar-refractivity contribution is 5.26. The fourth-order valence-corrected chi connectivity index (χ4v) is 2.57. The van der Waals surface area contributed by atoms with Gasteiger partial charge in [-0.1, -0.05) is 57.2 Å². The lowest BCUT2D eigenvalue weighted by Crippen LogP contribution is -2.25. The smallest absolute Gasteiger partial charge is 0.123 e. The van der Waals surface area contributed by atoms with E-state index in [4.69, 9.17) is 0 Å². The van der Waals surface area contributed by atoms with Gasteiger partial charge in [0.15, 0.2) is 0 Å². The highest BCUT2D eigenvalue weighted by Gasteiger charge is 2.15. The second kappa shape index (κ2) is 7.37. The van der Waals surface area contributed by atoms with E-state index in [1.807, 2.05) is 6.07 Å². The van der Waals surface area contributed by atoms with Crippen molar-refractivity contribution >= 4 is 0 Å². The Bertz CT molecular complexity index is 560. The molecule has 0 heterocycles. The molecule has 2 aromatic rings. The molecule has 2 aromatic carbocycles. The summed E-state index contributed by atoms with van der Waals surface area (Å²) in [6, 6.07) is 15.8. The second-order valence-corrected chi connectivity index (χ2v) is 5.83. The Morgan fingerprint density at radius 1 is 1.00 bits per heavy atom. The Morgan fingerprint density at radius 3 is 2.29 bits per heavy atom. The maximum absolute atomic E-state index is 13.2. The minimum Gasteiger partial charge on any atom is -0.306 e. The fourth-order valence-electron chi connectivity index (χ4n) is 2.57. The quantitative estimate of drug-likeness (QED) is 0.798. The molecule has 1 unspecified atom stereocenters. The van der Waals surface area contributed by atoms with Crippen molar-refractivity contribution in [3.63, 3.8) is 0 Å². The molecule has 1 nitrogen and oxygen atoms in total. The molecule has 0 aliphatic carbocycles. The highest BCUT2D eigenvalue weighted by Crippen LogP contribution is 2.23. The van der Waals surface area contributed by atoms with E-state index in [0.29, 0.717) is 12.5 Å². The number of halogens is 1. The first kappa shape index (κ1) is 15.7. The first-order chi connectivity index (χ1) is 10.1. The van der Waals surface area contributed by atoms with Crippen LogP contribution in [0.2, 0.25) is 0 Å². The van der Waals surface area contributed by atoms with E-state index in [9.17, 15) is 4.39 Å². The molecule has 0 saturated carbocycles. The summed E-state index contributed by atoms with van der Waals surface area (Å²) >= 11 is 0. The predicted octanol–water partition coefficient (Wildman–Crippen LogP) is 4.88. The topological polar surface area (TPSA) is 12.0 Å². The van der Waals surface area contributed by atoms with Crippen LogP contribution in [0.4, 0.5) is 4.39 Å². The molecule has 2 heteroatoms. The van der Waals surface area contributed by atoms with Crippen LogP contribution in [0.5, 0.6) is 0 Å². The van der Waals surface area contributed by atoms with E-state index in [1.54, 1.807) is 12.1 Å². The van der Waals surface area contributed by atoms with Crippen molar-refractivity contribution in [3.05, 3.63) is 71.0 Å². The fraction of sp³-hybridized carbons (Fsp3) is 0.368. The predicted molar refractivity (Wildman–Crippen MR) is 86.6 cm³/mol. The van der Waals surface area contributed by atoms with Crippen LogP contribution < -0.4 is 5.32 Å². The maximum atomic E-state index is 13.2. The lowest BCUT2D eigenvalue weighted by atomic mass is 9.94. The van der Waals surface area contributed by atoms with Crippen LogP contribution in [0.15, 0.2) is 48.5 Å². The first-order valence-electron chi connectivity index (χ1n) is 7.66. The normalized spacial score (nSPS) is 12.6. The van der Waals surface area contributed by atoms with Gasteiger partial charge >= 0.3 is 0 Å². The standard InChI is InChI=1S/C19H24FN/c1-4-15-8-10-17(11-9-15)19(14(2)3)21-13-16-6-5-7-18(20)12-16/h5-12,14,19,21H,4,13H2,1-3H3. The van der Waals surface area contributed by atoms with Crippen molar-refractivity contribution < 1.29 is 4.39 Å². The van der Waals surface area contributed by atoms with Gasteiger partial charge in [-0.25, -0.2) is 4.39 Å². The van der Waals surface area contributed by atoms with Crippen LogP contribution in [0.25, 0.3) is 0 Å². The lowest BCUT2D eigenvalue weighted by Gasteiger charge is -2.23. The largest absolute Gasteiger partial charge is 0.306 e. The summed E-state index contributed by atoms with van der Waals surface area (Å²) in [4.78, 5) is 0. The summed E-state index contributed by atoms with van der Waals surface area (Å²) in [7, 11) is 0. The molecule has 0 radical (unpaired) electrons.